The van der Waals surface area contributed by atoms with Gasteiger partial charge in [0, 0.05) is 36.4 Å². The van der Waals surface area contributed by atoms with Crippen molar-refractivity contribution in [1.82, 2.24) is 14.9 Å². The lowest BCUT2D eigenvalue weighted by molar-refractivity contribution is 0.0724. The lowest BCUT2D eigenvalue weighted by Crippen LogP contribution is -2.35. The summed E-state index contributed by atoms with van der Waals surface area (Å²) in [6.45, 7) is 1.69. The van der Waals surface area contributed by atoms with Crippen LogP contribution in [0.15, 0.2) is 48.8 Å². The molecule has 0 radical (unpaired) electrons. The van der Waals surface area contributed by atoms with Gasteiger partial charge in [0.1, 0.15) is 11.3 Å². The Bertz CT molecular complexity index is 932. The molecule has 132 valence electrons. The predicted molar refractivity (Wildman–Crippen MR) is 101 cm³/mol. The maximum atomic E-state index is 12.6. The molecule has 0 atom stereocenters. The number of carbonyl (C=O) groups is 1. The van der Waals surface area contributed by atoms with Gasteiger partial charge >= 0.3 is 0 Å². The van der Waals surface area contributed by atoms with Crippen LogP contribution in [0, 0.1) is 0 Å². The molecule has 3 aromatic rings. The maximum absolute atomic E-state index is 12.6. The van der Waals surface area contributed by atoms with Gasteiger partial charge < -0.3 is 9.64 Å². The predicted octanol–water partition coefficient (Wildman–Crippen LogP) is 3.93. The van der Waals surface area contributed by atoms with E-state index in [1.54, 1.807) is 19.5 Å². The summed E-state index contributed by atoms with van der Waals surface area (Å²) in [6.07, 6.45) is 6.81. The van der Waals surface area contributed by atoms with E-state index in [1.165, 1.54) is 6.42 Å². The van der Waals surface area contributed by atoms with Crippen LogP contribution in [-0.4, -0.2) is 41.0 Å². The molecule has 5 nitrogen and oxygen atoms in total. The summed E-state index contributed by atoms with van der Waals surface area (Å²) in [5, 5.41) is 0.981. The number of carbonyl (C=O) groups excluding carboxylic acids is 1. The molecule has 4 rings (SSSR count). The van der Waals surface area contributed by atoms with E-state index in [2.05, 4.69) is 9.97 Å². The van der Waals surface area contributed by atoms with Crippen LogP contribution in [0.5, 0.6) is 5.75 Å². The Morgan fingerprint density at radius 1 is 1.04 bits per heavy atom. The number of piperidine rings is 1. The van der Waals surface area contributed by atoms with Gasteiger partial charge in [0.05, 0.1) is 18.4 Å². The van der Waals surface area contributed by atoms with Crippen molar-refractivity contribution in [3.05, 3.63) is 54.4 Å². The van der Waals surface area contributed by atoms with Crippen LogP contribution in [-0.2, 0) is 0 Å². The third-order valence-electron chi connectivity index (χ3n) is 4.88. The van der Waals surface area contributed by atoms with Crippen molar-refractivity contribution in [3.63, 3.8) is 0 Å². The Morgan fingerprint density at radius 3 is 2.62 bits per heavy atom. The van der Waals surface area contributed by atoms with Gasteiger partial charge in [-0.05, 0) is 49.6 Å². The van der Waals surface area contributed by atoms with Crippen LogP contribution in [0.1, 0.15) is 29.6 Å². The Morgan fingerprint density at radius 2 is 1.88 bits per heavy atom. The van der Waals surface area contributed by atoms with Gasteiger partial charge in [-0.1, -0.05) is 6.07 Å². The molecule has 0 bridgehead atoms. The zero-order valence-corrected chi connectivity index (χ0v) is 14.8. The third kappa shape index (κ3) is 3.01. The summed E-state index contributed by atoms with van der Waals surface area (Å²) < 4.78 is 5.40. The average Bonchev–Trinajstić information content (AvgIpc) is 2.73. The fourth-order valence-corrected chi connectivity index (χ4v) is 3.49. The summed E-state index contributed by atoms with van der Waals surface area (Å²) in [5.41, 5.74) is 3.25. The van der Waals surface area contributed by atoms with Gasteiger partial charge in [-0.2, -0.15) is 0 Å². The summed E-state index contributed by atoms with van der Waals surface area (Å²) in [5.74, 6) is 0.811. The van der Waals surface area contributed by atoms with Gasteiger partial charge in [-0.25, -0.2) is 0 Å². The quantitative estimate of drug-likeness (QED) is 0.720. The molecule has 1 saturated heterocycles. The molecular formula is C21H21N3O2. The van der Waals surface area contributed by atoms with Gasteiger partial charge in [0.15, 0.2) is 0 Å². The largest absolute Gasteiger partial charge is 0.494 e. The maximum Gasteiger partial charge on any atom is 0.255 e. The third-order valence-corrected chi connectivity index (χ3v) is 4.88. The molecule has 0 saturated carbocycles. The van der Waals surface area contributed by atoms with Crippen molar-refractivity contribution in [2.45, 2.75) is 19.3 Å². The summed E-state index contributed by atoms with van der Waals surface area (Å²) in [4.78, 5) is 23.5. The Labute approximate surface area is 152 Å². The van der Waals surface area contributed by atoms with Crippen LogP contribution in [0.3, 0.4) is 0 Å². The minimum absolute atomic E-state index is 0.0741. The van der Waals surface area contributed by atoms with Crippen molar-refractivity contribution >= 4 is 16.8 Å². The highest BCUT2D eigenvalue weighted by atomic mass is 16.5. The number of ether oxygens (including phenoxy) is 1. The van der Waals surface area contributed by atoms with Crippen LogP contribution in [0.2, 0.25) is 0 Å². The number of pyridine rings is 2. The number of rotatable bonds is 3. The first kappa shape index (κ1) is 16.5. The number of nitrogens with zero attached hydrogens (tertiary/aromatic N) is 3. The van der Waals surface area contributed by atoms with Crippen LogP contribution < -0.4 is 4.74 Å². The molecule has 1 fully saturated rings. The first-order valence-corrected chi connectivity index (χ1v) is 8.95. The zero-order valence-electron chi connectivity index (χ0n) is 14.8. The summed E-state index contributed by atoms with van der Waals surface area (Å²) >= 11 is 0. The number of hydrogen-bond acceptors (Lipinski definition) is 4. The SMILES string of the molecule is COc1ccc(-c2ccc(C(=O)N3CCCCC3)cn2)c2cccnc12. The Balaban J connectivity index is 1.67. The topological polar surface area (TPSA) is 55.3 Å². The smallest absolute Gasteiger partial charge is 0.255 e. The standard InChI is InChI=1S/C21H21N3O2/c1-26-19-10-8-16(17-6-5-11-22-20(17)19)18-9-7-15(14-23-18)21(25)24-12-3-2-4-13-24/h5-11,14H,2-4,12-13H2,1H3. The molecule has 0 aliphatic carbocycles. The van der Waals surface area contributed by atoms with E-state index in [9.17, 15) is 4.79 Å². The molecule has 1 amide bonds. The second-order valence-corrected chi connectivity index (χ2v) is 6.50. The highest BCUT2D eigenvalue weighted by Crippen LogP contribution is 2.32. The number of fused-ring (bicyclic) bond motifs is 1. The van der Waals surface area contributed by atoms with Gasteiger partial charge in [0.25, 0.3) is 5.91 Å². The highest BCUT2D eigenvalue weighted by Gasteiger charge is 2.18. The Kier molecular flexibility index (Phi) is 4.52. The summed E-state index contributed by atoms with van der Waals surface area (Å²) in [7, 11) is 1.64. The number of likely N-dealkylation sites (tertiary alicyclic amines) is 1. The molecule has 1 aromatic carbocycles. The Hall–Kier alpha value is -2.95. The molecule has 1 aliphatic rings. The molecule has 1 aliphatic heterocycles. The first-order valence-electron chi connectivity index (χ1n) is 8.95. The van der Waals surface area contributed by atoms with Crippen molar-refractivity contribution in [2.24, 2.45) is 0 Å². The fraction of sp³-hybridized carbons (Fsp3) is 0.286. The molecular weight excluding hydrogens is 326 g/mol. The monoisotopic (exact) mass is 347 g/mol. The number of aromatic nitrogens is 2. The number of amides is 1. The first-order chi connectivity index (χ1) is 12.8. The van der Waals surface area contributed by atoms with E-state index < -0.39 is 0 Å². The highest BCUT2D eigenvalue weighted by molar-refractivity contribution is 5.98. The second-order valence-electron chi connectivity index (χ2n) is 6.50. The molecule has 26 heavy (non-hydrogen) atoms. The van der Waals surface area contributed by atoms with E-state index in [4.69, 9.17) is 4.74 Å². The number of benzene rings is 1. The van der Waals surface area contributed by atoms with Crippen molar-refractivity contribution in [3.8, 4) is 17.0 Å². The summed E-state index contributed by atoms with van der Waals surface area (Å²) in [6, 6.07) is 11.6. The van der Waals surface area contributed by atoms with Gasteiger partial charge in [-0.3, -0.25) is 14.8 Å². The van der Waals surface area contributed by atoms with E-state index in [0.717, 1.165) is 53.8 Å². The lowest BCUT2D eigenvalue weighted by Gasteiger charge is -2.26. The van der Waals surface area contributed by atoms with E-state index in [1.807, 2.05) is 41.3 Å². The number of hydrogen-bond donors (Lipinski definition) is 0. The van der Waals surface area contributed by atoms with E-state index in [-0.39, 0.29) is 5.91 Å². The van der Waals surface area contributed by atoms with E-state index in [0.29, 0.717) is 5.56 Å². The lowest BCUT2D eigenvalue weighted by atomic mass is 10.0. The number of methoxy groups -OCH3 is 1. The molecule has 0 N–H and O–H groups in total. The van der Waals surface area contributed by atoms with Gasteiger partial charge in [-0.15, -0.1) is 0 Å². The minimum atomic E-state index is 0.0741. The zero-order chi connectivity index (χ0) is 17.9. The van der Waals surface area contributed by atoms with Crippen molar-refractivity contribution < 1.29 is 9.53 Å². The normalized spacial score (nSPS) is 14.4. The van der Waals surface area contributed by atoms with Gasteiger partial charge in [0.2, 0.25) is 0 Å². The van der Waals surface area contributed by atoms with Crippen LogP contribution >= 0.6 is 0 Å². The molecule has 3 heterocycles. The molecule has 0 unspecified atom stereocenters. The fourth-order valence-electron chi connectivity index (χ4n) is 3.49. The molecule has 2 aromatic heterocycles. The average molecular weight is 347 g/mol. The van der Waals surface area contributed by atoms with Crippen LogP contribution in [0.25, 0.3) is 22.2 Å². The van der Waals surface area contributed by atoms with Crippen molar-refractivity contribution in [1.29, 1.82) is 0 Å². The minimum Gasteiger partial charge on any atom is -0.494 e. The van der Waals surface area contributed by atoms with E-state index >= 15 is 0 Å². The molecule has 0 spiro atoms. The second kappa shape index (κ2) is 7.12. The molecule has 5 heteroatoms. The van der Waals surface area contributed by atoms with Crippen molar-refractivity contribution in [2.75, 3.05) is 20.2 Å². The van der Waals surface area contributed by atoms with Crippen LogP contribution in [0.4, 0.5) is 0 Å².